The molecule has 2 aliphatic rings. The van der Waals surface area contributed by atoms with E-state index in [1.54, 1.807) is 0 Å². The predicted octanol–water partition coefficient (Wildman–Crippen LogP) is 1.10. The molecule has 0 aromatic carbocycles. The van der Waals surface area contributed by atoms with Gasteiger partial charge in [0.25, 0.3) is 0 Å². The summed E-state index contributed by atoms with van der Waals surface area (Å²) in [4.78, 5) is 13.5. The van der Waals surface area contributed by atoms with Crippen molar-refractivity contribution in [2.45, 2.75) is 25.7 Å². The van der Waals surface area contributed by atoms with Crippen molar-refractivity contribution in [3.05, 3.63) is 0 Å². The lowest BCUT2D eigenvalue weighted by Crippen LogP contribution is -2.38. The van der Waals surface area contributed by atoms with Crippen LogP contribution in [0.4, 0.5) is 0 Å². The van der Waals surface area contributed by atoms with E-state index in [-0.39, 0.29) is 5.91 Å². The molecule has 0 aliphatic heterocycles. The average Bonchev–Trinajstić information content (AvgIpc) is 2.79. The fourth-order valence-corrected chi connectivity index (χ4v) is 3.34. The quantitative estimate of drug-likeness (QED) is 0.753. The third kappa shape index (κ3) is 2.33. The fraction of sp³-hybridized carbons (Fsp3) is 0.917. The predicted molar refractivity (Wildman–Crippen MR) is 60.5 cm³/mol. The molecule has 3 nitrogen and oxygen atoms in total. The molecular weight excluding hydrogens is 188 g/mol. The first-order valence-electron chi connectivity index (χ1n) is 6.09. The van der Waals surface area contributed by atoms with Crippen LogP contribution in [-0.2, 0) is 4.79 Å². The summed E-state index contributed by atoms with van der Waals surface area (Å²) >= 11 is 0. The Balaban J connectivity index is 1.79. The zero-order valence-electron chi connectivity index (χ0n) is 9.83. The third-order valence-electron chi connectivity index (χ3n) is 4.15. The highest BCUT2D eigenvalue weighted by Crippen LogP contribution is 2.48. The van der Waals surface area contributed by atoms with Crippen molar-refractivity contribution in [3.63, 3.8) is 0 Å². The van der Waals surface area contributed by atoms with E-state index in [0.29, 0.717) is 6.54 Å². The van der Waals surface area contributed by atoms with Gasteiger partial charge in [-0.15, -0.1) is 0 Å². The number of carbonyl (C=O) groups is 1. The van der Waals surface area contributed by atoms with Crippen molar-refractivity contribution in [1.29, 1.82) is 0 Å². The van der Waals surface area contributed by atoms with Gasteiger partial charge in [-0.2, -0.15) is 0 Å². The number of carbonyl (C=O) groups excluding carboxylic acids is 1. The average molecular weight is 210 g/mol. The molecule has 3 heteroatoms. The van der Waals surface area contributed by atoms with Crippen LogP contribution in [0.1, 0.15) is 25.7 Å². The lowest BCUT2D eigenvalue weighted by Gasteiger charge is -2.27. The molecule has 1 N–H and O–H groups in total. The Morgan fingerprint density at radius 1 is 1.40 bits per heavy atom. The maximum absolute atomic E-state index is 11.6. The van der Waals surface area contributed by atoms with E-state index in [2.05, 4.69) is 5.32 Å². The number of nitrogens with one attached hydrogen (secondary N) is 1. The number of hydrogen-bond donors (Lipinski definition) is 1. The lowest BCUT2D eigenvalue weighted by atomic mass is 9.88. The number of rotatable bonds is 4. The van der Waals surface area contributed by atoms with E-state index in [9.17, 15) is 4.79 Å². The van der Waals surface area contributed by atoms with E-state index in [0.717, 1.165) is 24.3 Å². The normalized spacial score (nSPS) is 33.3. The Labute approximate surface area is 92.2 Å². The summed E-state index contributed by atoms with van der Waals surface area (Å²) in [6, 6.07) is 0. The fourth-order valence-electron chi connectivity index (χ4n) is 3.34. The molecule has 3 unspecified atom stereocenters. The van der Waals surface area contributed by atoms with Crippen LogP contribution in [0.25, 0.3) is 0 Å². The Kier molecular flexibility index (Phi) is 3.29. The minimum Gasteiger partial charge on any atom is -0.344 e. The molecule has 0 spiro atoms. The van der Waals surface area contributed by atoms with E-state index in [4.69, 9.17) is 0 Å². The van der Waals surface area contributed by atoms with Gasteiger partial charge in [-0.25, -0.2) is 0 Å². The Morgan fingerprint density at radius 3 is 2.73 bits per heavy atom. The van der Waals surface area contributed by atoms with Gasteiger partial charge in [0.2, 0.25) is 5.91 Å². The number of hydrogen-bond acceptors (Lipinski definition) is 2. The van der Waals surface area contributed by atoms with E-state index in [1.807, 2.05) is 19.0 Å². The number of likely N-dealkylation sites (N-methyl/N-ethyl adjacent to an activating group) is 2. The minimum absolute atomic E-state index is 0.222. The first-order valence-corrected chi connectivity index (χ1v) is 6.09. The molecule has 3 atom stereocenters. The van der Waals surface area contributed by atoms with Crippen LogP contribution < -0.4 is 5.32 Å². The molecule has 2 fully saturated rings. The molecule has 2 aliphatic carbocycles. The van der Waals surface area contributed by atoms with Gasteiger partial charge in [-0.1, -0.05) is 6.42 Å². The highest BCUT2D eigenvalue weighted by Gasteiger charge is 2.39. The molecule has 2 bridgehead atoms. The molecule has 0 radical (unpaired) electrons. The Morgan fingerprint density at radius 2 is 2.20 bits per heavy atom. The molecule has 0 aromatic rings. The maximum Gasteiger partial charge on any atom is 0.236 e. The largest absolute Gasteiger partial charge is 0.344 e. The monoisotopic (exact) mass is 210 g/mol. The van der Waals surface area contributed by atoms with E-state index in [1.165, 1.54) is 25.7 Å². The summed E-state index contributed by atoms with van der Waals surface area (Å²) in [6.45, 7) is 1.44. The Hall–Kier alpha value is -0.570. The van der Waals surface area contributed by atoms with Crippen molar-refractivity contribution >= 4 is 5.91 Å². The molecule has 15 heavy (non-hydrogen) atoms. The van der Waals surface area contributed by atoms with E-state index >= 15 is 0 Å². The van der Waals surface area contributed by atoms with Crippen molar-refractivity contribution in [3.8, 4) is 0 Å². The van der Waals surface area contributed by atoms with Crippen molar-refractivity contribution in [2.75, 3.05) is 27.2 Å². The summed E-state index contributed by atoms with van der Waals surface area (Å²) in [5, 5.41) is 2.92. The van der Waals surface area contributed by atoms with Gasteiger partial charge in [-0.05, 0) is 44.1 Å². The lowest BCUT2D eigenvalue weighted by molar-refractivity contribution is -0.129. The van der Waals surface area contributed by atoms with Crippen molar-refractivity contribution in [1.82, 2.24) is 10.2 Å². The second-order valence-corrected chi connectivity index (χ2v) is 5.24. The van der Waals surface area contributed by atoms with Gasteiger partial charge in [0, 0.05) is 13.6 Å². The second kappa shape index (κ2) is 4.52. The summed E-state index contributed by atoms with van der Waals surface area (Å²) < 4.78 is 0. The first kappa shape index (κ1) is 10.9. The highest BCUT2D eigenvalue weighted by molar-refractivity contribution is 5.77. The number of fused-ring (bicyclic) bond motifs is 2. The van der Waals surface area contributed by atoms with Gasteiger partial charge in [0.1, 0.15) is 0 Å². The molecule has 0 aromatic heterocycles. The highest BCUT2D eigenvalue weighted by atomic mass is 16.2. The SMILES string of the molecule is CNCC(=O)N(C)CC1CC2CCC1C2. The maximum atomic E-state index is 11.6. The first-order chi connectivity index (χ1) is 7.20. The summed E-state index contributed by atoms with van der Waals surface area (Å²) in [5.74, 6) is 2.91. The molecule has 1 amide bonds. The number of amides is 1. The van der Waals surface area contributed by atoms with Gasteiger partial charge >= 0.3 is 0 Å². The molecule has 0 saturated heterocycles. The standard InChI is InChI=1S/C12H22N2O/c1-13-7-12(15)14(2)8-11-6-9-3-4-10(11)5-9/h9-11,13H,3-8H2,1-2H3. The van der Waals surface area contributed by atoms with Gasteiger partial charge in [0.15, 0.2) is 0 Å². The van der Waals surface area contributed by atoms with Crippen LogP contribution in [0.2, 0.25) is 0 Å². The van der Waals surface area contributed by atoms with Crippen LogP contribution >= 0.6 is 0 Å². The smallest absolute Gasteiger partial charge is 0.236 e. The van der Waals surface area contributed by atoms with E-state index < -0.39 is 0 Å². The molecule has 2 saturated carbocycles. The molecular formula is C12H22N2O. The van der Waals surface area contributed by atoms with Crippen LogP contribution in [-0.4, -0.2) is 38.0 Å². The van der Waals surface area contributed by atoms with Gasteiger partial charge in [0.05, 0.1) is 6.54 Å². The molecule has 2 rings (SSSR count). The minimum atomic E-state index is 0.222. The molecule has 86 valence electrons. The van der Waals surface area contributed by atoms with Gasteiger partial charge in [-0.3, -0.25) is 4.79 Å². The Bertz CT molecular complexity index is 242. The topological polar surface area (TPSA) is 32.3 Å². The van der Waals surface area contributed by atoms with Crippen molar-refractivity contribution < 1.29 is 4.79 Å². The zero-order valence-corrected chi connectivity index (χ0v) is 9.83. The summed E-state index contributed by atoms with van der Waals surface area (Å²) in [6.07, 6.45) is 5.64. The van der Waals surface area contributed by atoms with Crippen LogP contribution in [0, 0.1) is 17.8 Å². The van der Waals surface area contributed by atoms with Crippen LogP contribution in [0.3, 0.4) is 0 Å². The zero-order chi connectivity index (χ0) is 10.8. The van der Waals surface area contributed by atoms with Crippen molar-refractivity contribution in [2.24, 2.45) is 17.8 Å². The number of nitrogens with zero attached hydrogens (tertiary/aromatic N) is 1. The third-order valence-corrected chi connectivity index (χ3v) is 4.15. The summed E-state index contributed by atoms with van der Waals surface area (Å²) in [7, 11) is 3.76. The summed E-state index contributed by atoms with van der Waals surface area (Å²) in [5.41, 5.74) is 0. The van der Waals surface area contributed by atoms with Crippen LogP contribution in [0.15, 0.2) is 0 Å². The second-order valence-electron chi connectivity index (χ2n) is 5.24. The van der Waals surface area contributed by atoms with Crippen LogP contribution in [0.5, 0.6) is 0 Å². The molecule has 0 heterocycles. The van der Waals surface area contributed by atoms with Gasteiger partial charge < -0.3 is 10.2 Å².